The monoisotopic (exact) mass is 331 g/mol. The molecule has 1 atom stereocenters. The molecule has 0 amide bonds. The molecule has 24 heavy (non-hydrogen) atoms. The summed E-state index contributed by atoms with van der Waals surface area (Å²) in [6.45, 7) is 3.63. The highest BCUT2D eigenvalue weighted by Gasteiger charge is 2.08. The summed E-state index contributed by atoms with van der Waals surface area (Å²) in [4.78, 5) is 0. The summed E-state index contributed by atoms with van der Waals surface area (Å²) < 4.78 is 16.0. The molecule has 0 fully saturated rings. The summed E-state index contributed by atoms with van der Waals surface area (Å²) in [5.74, 6) is 2.23. The van der Waals surface area contributed by atoms with Gasteiger partial charge in [0.1, 0.15) is 5.75 Å². The highest BCUT2D eigenvalue weighted by atomic mass is 16.5. The number of rotatable bonds is 9. The fourth-order valence-electron chi connectivity index (χ4n) is 2.39. The summed E-state index contributed by atoms with van der Waals surface area (Å²) in [6.07, 6.45) is -0.569. The van der Waals surface area contributed by atoms with Gasteiger partial charge >= 0.3 is 0 Å². The predicted octanol–water partition coefficient (Wildman–Crippen LogP) is 2.93. The highest BCUT2D eigenvalue weighted by molar-refractivity contribution is 5.43. The molecule has 130 valence electrons. The molecule has 0 aliphatic carbocycles. The van der Waals surface area contributed by atoms with Crippen LogP contribution in [0.3, 0.4) is 0 Å². The zero-order valence-corrected chi connectivity index (χ0v) is 14.4. The van der Waals surface area contributed by atoms with E-state index in [2.05, 4.69) is 5.32 Å². The number of methoxy groups -OCH3 is 2. The number of ether oxygens (including phenoxy) is 3. The van der Waals surface area contributed by atoms with Gasteiger partial charge in [0, 0.05) is 13.1 Å². The molecule has 2 rings (SSSR count). The number of hydrogen-bond acceptors (Lipinski definition) is 5. The van der Waals surface area contributed by atoms with Gasteiger partial charge < -0.3 is 24.6 Å². The van der Waals surface area contributed by atoms with E-state index in [4.69, 9.17) is 14.2 Å². The van der Waals surface area contributed by atoms with Crippen LogP contribution in [0.25, 0.3) is 0 Å². The lowest BCUT2D eigenvalue weighted by Crippen LogP contribution is -2.21. The number of aliphatic hydroxyl groups excluding tert-OH is 1. The van der Waals surface area contributed by atoms with E-state index in [1.807, 2.05) is 49.4 Å². The molecule has 0 bridgehead atoms. The normalized spacial score (nSPS) is 11.8. The van der Waals surface area contributed by atoms with E-state index in [0.717, 1.165) is 22.6 Å². The molecule has 0 aromatic heterocycles. The Labute approximate surface area is 143 Å². The van der Waals surface area contributed by atoms with Crippen molar-refractivity contribution in [3.05, 3.63) is 53.6 Å². The largest absolute Gasteiger partial charge is 0.497 e. The standard InChI is InChI=1S/C19H25NO4/c1-4-24-18-10-5-14(11-19(18)23-3)12-20-13-17(21)15-6-8-16(22-2)9-7-15/h5-11,17,20-21H,4,12-13H2,1-3H3/t17-/m0/s1. The Morgan fingerprint density at radius 2 is 1.75 bits per heavy atom. The smallest absolute Gasteiger partial charge is 0.161 e. The molecule has 5 nitrogen and oxygen atoms in total. The van der Waals surface area contributed by atoms with Crippen LogP contribution in [0.1, 0.15) is 24.2 Å². The maximum absolute atomic E-state index is 10.2. The van der Waals surface area contributed by atoms with E-state index < -0.39 is 6.10 Å². The van der Waals surface area contributed by atoms with Crippen LogP contribution in [-0.2, 0) is 6.54 Å². The van der Waals surface area contributed by atoms with Crippen molar-refractivity contribution >= 4 is 0 Å². The first-order valence-corrected chi connectivity index (χ1v) is 8.00. The predicted molar refractivity (Wildman–Crippen MR) is 93.8 cm³/mol. The van der Waals surface area contributed by atoms with Crippen molar-refractivity contribution in [2.75, 3.05) is 27.4 Å². The third-order valence-corrected chi connectivity index (χ3v) is 3.70. The Morgan fingerprint density at radius 1 is 1.00 bits per heavy atom. The molecule has 0 aliphatic rings. The minimum absolute atomic E-state index is 0.460. The van der Waals surface area contributed by atoms with Gasteiger partial charge in [0.25, 0.3) is 0 Å². The van der Waals surface area contributed by atoms with E-state index in [9.17, 15) is 5.11 Å². The zero-order chi connectivity index (χ0) is 17.4. The van der Waals surface area contributed by atoms with Crippen LogP contribution in [0.2, 0.25) is 0 Å². The van der Waals surface area contributed by atoms with Crippen LogP contribution >= 0.6 is 0 Å². The van der Waals surface area contributed by atoms with Gasteiger partial charge in [-0.15, -0.1) is 0 Å². The van der Waals surface area contributed by atoms with Crippen LogP contribution in [0.5, 0.6) is 17.2 Å². The van der Waals surface area contributed by atoms with Gasteiger partial charge in [-0.2, -0.15) is 0 Å². The number of benzene rings is 2. The lowest BCUT2D eigenvalue weighted by Gasteiger charge is -2.14. The molecule has 0 saturated carbocycles. The Balaban J connectivity index is 1.88. The van der Waals surface area contributed by atoms with Crippen LogP contribution in [-0.4, -0.2) is 32.5 Å². The molecule has 0 heterocycles. The van der Waals surface area contributed by atoms with Crippen molar-refractivity contribution in [3.8, 4) is 17.2 Å². The van der Waals surface area contributed by atoms with Crippen molar-refractivity contribution in [2.24, 2.45) is 0 Å². The van der Waals surface area contributed by atoms with Crippen molar-refractivity contribution in [1.29, 1.82) is 0 Å². The average molecular weight is 331 g/mol. The molecular formula is C19H25NO4. The van der Waals surface area contributed by atoms with Crippen LogP contribution in [0.4, 0.5) is 0 Å². The Hall–Kier alpha value is -2.24. The minimum atomic E-state index is -0.569. The Bertz CT molecular complexity index is 628. The molecule has 0 aliphatic heterocycles. The SMILES string of the molecule is CCOc1ccc(CNC[C@H](O)c2ccc(OC)cc2)cc1OC. The average Bonchev–Trinajstić information content (AvgIpc) is 2.63. The van der Waals surface area contributed by atoms with Crippen molar-refractivity contribution in [1.82, 2.24) is 5.32 Å². The maximum Gasteiger partial charge on any atom is 0.161 e. The second-order valence-corrected chi connectivity index (χ2v) is 5.34. The number of aliphatic hydroxyl groups is 1. The summed E-state index contributed by atoms with van der Waals surface area (Å²) in [7, 11) is 3.25. The summed E-state index contributed by atoms with van der Waals surface area (Å²) >= 11 is 0. The fourth-order valence-corrected chi connectivity index (χ4v) is 2.39. The van der Waals surface area contributed by atoms with Crippen molar-refractivity contribution < 1.29 is 19.3 Å². The minimum Gasteiger partial charge on any atom is -0.497 e. The molecule has 0 saturated heterocycles. The number of hydrogen-bond donors (Lipinski definition) is 2. The van der Waals surface area contributed by atoms with Crippen molar-refractivity contribution in [3.63, 3.8) is 0 Å². The molecule has 5 heteroatoms. The van der Waals surface area contributed by atoms with Gasteiger partial charge in [-0.25, -0.2) is 0 Å². The van der Waals surface area contributed by atoms with Crippen LogP contribution < -0.4 is 19.5 Å². The fraction of sp³-hybridized carbons (Fsp3) is 0.368. The second-order valence-electron chi connectivity index (χ2n) is 5.34. The molecule has 2 aromatic carbocycles. The van der Waals surface area contributed by atoms with E-state index in [0.29, 0.717) is 25.4 Å². The van der Waals surface area contributed by atoms with Gasteiger partial charge in [0.2, 0.25) is 0 Å². The lowest BCUT2D eigenvalue weighted by molar-refractivity contribution is 0.174. The second kappa shape index (κ2) is 9.15. The van der Waals surface area contributed by atoms with E-state index in [1.165, 1.54) is 0 Å². The summed E-state index contributed by atoms with van der Waals surface area (Å²) in [6, 6.07) is 13.2. The molecule has 0 radical (unpaired) electrons. The third kappa shape index (κ3) is 4.88. The van der Waals surface area contributed by atoms with E-state index in [1.54, 1.807) is 14.2 Å². The Morgan fingerprint density at radius 3 is 2.38 bits per heavy atom. The van der Waals surface area contributed by atoms with E-state index in [-0.39, 0.29) is 0 Å². The van der Waals surface area contributed by atoms with Crippen molar-refractivity contribution in [2.45, 2.75) is 19.6 Å². The van der Waals surface area contributed by atoms with Gasteiger partial charge in [-0.3, -0.25) is 0 Å². The lowest BCUT2D eigenvalue weighted by atomic mass is 10.1. The van der Waals surface area contributed by atoms with E-state index >= 15 is 0 Å². The molecule has 2 aromatic rings. The van der Waals surface area contributed by atoms with Gasteiger partial charge in [0.15, 0.2) is 11.5 Å². The molecular weight excluding hydrogens is 306 g/mol. The first kappa shape index (κ1) is 18.1. The first-order chi connectivity index (χ1) is 11.7. The zero-order valence-electron chi connectivity index (χ0n) is 14.4. The molecule has 0 unspecified atom stereocenters. The van der Waals surface area contributed by atoms with Gasteiger partial charge in [-0.1, -0.05) is 18.2 Å². The number of nitrogens with one attached hydrogen (secondary N) is 1. The highest BCUT2D eigenvalue weighted by Crippen LogP contribution is 2.28. The van der Waals surface area contributed by atoms with Crippen LogP contribution in [0.15, 0.2) is 42.5 Å². The Kier molecular flexibility index (Phi) is 6.90. The quantitative estimate of drug-likeness (QED) is 0.740. The molecule has 2 N–H and O–H groups in total. The van der Waals surface area contributed by atoms with Crippen LogP contribution in [0, 0.1) is 0 Å². The first-order valence-electron chi connectivity index (χ1n) is 8.00. The molecule has 0 spiro atoms. The maximum atomic E-state index is 10.2. The summed E-state index contributed by atoms with van der Waals surface area (Å²) in [5, 5.41) is 13.5. The topological polar surface area (TPSA) is 60.0 Å². The third-order valence-electron chi connectivity index (χ3n) is 3.70. The van der Waals surface area contributed by atoms with Gasteiger partial charge in [0.05, 0.1) is 26.9 Å². The van der Waals surface area contributed by atoms with Gasteiger partial charge in [-0.05, 0) is 42.3 Å². The summed E-state index contributed by atoms with van der Waals surface area (Å²) in [5.41, 5.74) is 1.92.